The highest BCUT2D eigenvalue weighted by Gasteiger charge is 2.09. The first-order valence-electron chi connectivity index (χ1n) is 7.44. The summed E-state index contributed by atoms with van der Waals surface area (Å²) in [5, 5.41) is 7.30. The van der Waals surface area contributed by atoms with E-state index in [0.717, 1.165) is 11.3 Å². The fourth-order valence-electron chi connectivity index (χ4n) is 2.19. The van der Waals surface area contributed by atoms with Crippen LogP contribution in [-0.2, 0) is 6.54 Å². The van der Waals surface area contributed by atoms with Crippen LogP contribution in [0, 0.1) is 0 Å². The topological polar surface area (TPSA) is 51.0 Å². The molecule has 0 aliphatic rings. The molecule has 0 fully saturated rings. The molecule has 0 spiro atoms. The van der Waals surface area contributed by atoms with Gasteiger partial charge in [0.15, 0.2) is 0 Å². The molecular weight excluding hydrogens is 274 g/mol. The van der Waals surface area contributed by atoms with Crippen LogP contribution in [0.15, 0.2) is 59.1 Å². The standard InChI is InChI=1S/C18H19N3O/c1-13(2)14-8-10-15(11-9-14)18-20-17(22-21-18)12-19-16-6-4-3-5-7-16/h3-11,13,19H,12H2,1-2H3. The van der Waals surface area contributed by atoms with Gasteiger partial charge in [0.1, 0.15) is 0 Å². The lowest BCUT2D eigenvalue weighted by Gasteiger charge is -2.04. The Morgan fingerprint density at radius 2 is 1.73 bits per heavy atom. The van der Waals surface area contributed by atoms with Crippen LogP contribution in [-0.4, -0.2) is 10.1 Å². The van der Waals surface area contributed by atoms with Gasteiger partial charge >= 0.3 is 0 Å². The average Bonchev–Trinajstić information content (AvgIpc) is 3.03. The van der Waals surface area contributed by atoms with E-state index in [1.54, 1.807) is 0 Å². The number of anilines is 1. The van der Waals surface area contributed by atoms with Crippen LogP contribution in [0.3, 0.4) is 0 Å². The summed E-state index contributed by atoms with van der Waals surface area (Å²) < 4.78 is 5.29. The van der Waals surface area contributed by atoms with Crippen molar-refractivity contribution in [3.8, 4) is 11.4 Å². The van der Waals surface area contributed by atoms with Crippen molar-refractivity contribution in [2.45, 2.75) is 26.3 Å². The zero-order chi connectivity index (χ0) is 15.4. The first-order chi connectivity index (χ1) is 10.7. The molecule has 2 aromatic carbocycles. The molecule has 1 N–H and O–H groups in total. The molecule has 0 atom stereocenters. The molecule has 0 saturated heterocycles. The summed E-state index contributed by atoms with van der Waals surface area (Å²) in [6.07, 6.45) is 0. The minimum Gasteiger partial charge on any atom is -0.376 e. The highest BCUT2D eigenvalue weighted by atomic mass is 16.5. The van der Waals surface area contributed by atoms with Crippen molar-refractivity contribution in [1.29, 1.82) is 0 Å². The number of nitrogens with zero attached hydrogens (tertiary/aromatic N) is 2. The Bertz CT molecular complexity index is 718. The van der Waals surface area contributed by atoms with Gasteiger partial charge in [0.05, 0.1) is 6.54 Å². The lowest BCUT2D eigenvalue weighted by atomic mass is 10.0. The summed E-state index contributed by atoms with van der Waals surface area (Å²) in [6, 6.07) is 18.2. The predicted molar refractivity (Wildman–Crippen MR) is 87.6 cm³/mol. The summed E-state index contributed by atoms with van der Waals surface area (Å²) in [5.41, 5.74) is 3.31. The molecule has 3 aromatic rings. The van der Waals surface area contributed by atoms with Crippen LogP contribution >= 0.6 is 0 Å². The summed E-state index contributed by atoms with van der Waals surface area (Å²) in [4.78, 5) is 4.43. The fourth-order valence-corrected chi connectivity index (χ4v) is 2.19. The van der Waals surface area contributed by atoms with Gasteiger partial charge < -0.3 is 9.84 Å². The molecule has 0 bridgehead atoms. The molecular formula is C18H19N3O. The van der Waals surface area contributed by atoms with E-state index in [9.17, 15) is 0 Å². The van der Waals surface area contributed by atoms with E-state index >= 15 is 0 Å². The van der Waals surface area contributed by atoms with E-state index in [4.69, 9.17) is 4.52 Å². The summed E-state index contributed by atoms with van der Waals surface area (Å²) in [5.74, 6) is 1.72. The van der Waals surface area contributed by atoms with Gasteiger partial charge in [0.2, 0.25) is 11.7 Å². The molecule has 4 heteroatoms. The smallest absolute Gasteiger partial charge is 0.246 e. The number of nitrogens with one attached hydrogen (secondary N) is 1. The van der Waals surface area contributed by atoms with Crippen molar-refractivity contribution in [2.75, 3.05) is 5.32 Å². The van der Waals surface area contributed by atoms with E-state index in [1.165, 1.54) is 5.56 Å². The zero-order valence-electron chi connectivity index (χ0n) is 12.8. The Labute approximate surface area is 130 Å². The second-order valence-electron chi connectivity index (χ2n) is 5.51. The lowest BCUT2D eigenvalue weighted by molar-refractivity contribution is 0.384. The Hall–Kier alpha value is -2.62. The van der Waals surface area contributed by atoms with Crippen LogP contribution in [0.2, 0.25) is 0 Å². The molecule has 0 aliphatic heterocycles. The monoisotopic (exact) mass is 293 g/mol. The zero-order valence-corrected chi connectivity index (χ0v) is 12.8. The minimum absolute atomic E-state index is 0.515. The van der Waals surface area contributed by atoms with Gasteiger partial charge in [0, 0.05) is 11.3 Å². The van der Waals surface area contributed by atoms with E-state index in [1.807, 2.05) is 42.5 Å². The van der Waals surface area contributed by atoms with Gasteiger partial charge in [-0.25, -0.2) is 0 Å². The third-order valence-corrected chi connectivity index (χ3v) is 3.52. The second kappa shape index (κ2) is 6.43. The summed E-state index contributed by atoms with van der Waals surface area (Å²) in [6.45, 7) is 4.87. The maximum absolute atomic E-state index is 5.29. The normalized spacial score (nSPS) is 10.9. The third-order valence-electron chi connectivity index (χ3n) is 3.52. The van der Waals surface area contributed by atoms with Crippen molar-refractivity contribution >= 4 is 5.69 Å². The maximum atomic E-state index is 5.29. The first-order valence-corrected chi connectivity index (χ1v) is 7.44. The molecule has 0 amide bonds. The third kappa shape index (κ3) is 3.34. The molecule has 1 heterocycles. The molecule has 0 aliphatic carbocycles. The van der Waals surface area contributed by atoms with Gasteiger partial charge in [-0.1, -0.05) is 61.5 Å². The van der Waals surface area contributed by atoms with Crippen LogP contribution < -0.4 is 5.32 Å². The van der Waals surface area contributed by atoms with Crippen LogP contribution in [0.25, 0.3) is 11.4 Å². The number of para-hydroxylation sites is 1. The van der Waals surface area contributed by atoms with E-state index in [-0.39, 0.29) is 0 Å². The van der Waals surface area contributed by atoms with Crippen LogP contribution in [0.5, 0.6) is 0 Å². The number of hydrogen-bond donors (Lipinski definition) is 1. The number of rotatable bonds is 5. The van der Waals surface area contributed by atoms with Gasteiger partial charge in [-0.05, 0) is 23.6 Å². The van der Waals surface area contributed by atoms with Crippen LogP contribution in [0.1, 0.15) is 31.2 Å². The Balaban J connectivity index is 1.68. The molecule has 4 nitrogen and oxygen atoms in total. The van der Waals surface area contributed by atoms with Crippen molar-refractivity contribution in [3.63, 3.8) is 0 Å². The van der Waals surface area contributed by atoms with E-state index < -0.39 is 0 Å². The van der Waals surface area contributed by atoms with Crippen molar-refractivity contribution in [2.24, 2.45) is 0 Å². The largest absolute Gasteiger partial charge is 0.376 e. The molecule has 0 radical (unpaired) electrons. The average molecular weight is 293 g/mol. The molecule has 1 aromatic heterocycles. The Morgan fingerprint density at radius 3 is 2.41 bits per heavy atom. The van der Waals surface area contributed by atoms with Crippen molar-refractivity contribution in [1.82, 2.24) is 10.1 Å². The van der Waals surface area contributed by atoms with Gasteiger partial charge in [-0.15, -0.1) is 0 Å². The second-order valence-corrected chi connectivity index (χ2v) is 5.51. The van der Waals surface area contributed by atoms with Crippen molar-refractivity contribution < 1.29 is 4.52 Å². The fraction of sp³-hybridized carbons (Fsp3) is 0.222. The summed E-state index contributed by atoms with van der Waals surface area (Å²) >= 11 is 0. The van der Waals surface area contributed by atoms with Gasteiger partial charge in [0.25, 0.3) is 0 Å². The first kappa shape index (κ1) is 14.3. The Kier molecular flexibility index (Phi) is 4.19. The number of aromatic nitrogens is 2. The SMILES string of the molecule is CC(C)c1ccc(-c2noc(CNc3ccccc3)n2)cc1. The lowest BCUT2D eigenvalue weighted by Crippen LogP contribution is -1.99. The predicted octanol–water partition coefficient (Wildman–Crippen LogP) is 4.47. The van der Waals surface area contributed by atoms with E-state index in [2.05, 4.69) is 41.4 Å². The summed E-state index contributed by atoms with van der Waals surface area (Å²) in [7, 11) is 0. The van der Waals surface area contributed by atoms with E-state index in [0.29, 0.717) is 24.2 Å². The minimum atomic E-state index is 0.515. The quantitative estimate of drug-likeness (QED) is 0.754. The Morgan fingerprint density at radius 1 is 1.00 bits per heavy atom. The molecule has 112 valence electrons. The highest BCUT2D eigenvalue weighted by molar-refractivity contribution is 5.55. The molecule has 0 unspecified atom stereocenters. The number of benzene rings is 2. The molecule has 0 saturated carbocycles. The highest BCUT2D eigenvalue weighted by Crippen LogP contribution is 2.20. The molecule has 3 rings (SSSR count). The van der Waals surface area contributed by atoms with Gasteiger partial charge in [-0.3, -0.25) is 0 Å². The van der Waals surface area contributed by atoms with Crippen molar-refractivity contribution in [3.05, 3.63) is 66.1 Å². The molecule has 22 heavy (non-hydrogen) atoms. The maximum Gasteiger partial charge on any atom is 0.246 e. The number of hydrogen-bond acceptors (Lipinski definition) is 4. The van der Waals surface area contributed by atoms with Crippen LogP contribution in [0.4, 0.5) is 5.69 Å². The van der Waals surface area contributed by atoms with Gasteiger partial charge in [-0.2, -0.15) is 4.98 Å².